The molecular weight excluding hydrogens is 302 g/mol. The van der Waals surface area contributed by atoms with E-state index in [2.05, 4.69) is 10.3 Å². The lowest BCUT2D eigenvalue weighted by molar-refractivity contribution is 0.222. The van der Waals surface area contributed by atoms with Crippen LogP contribution in [0.3, 0.4) is 0 Å². The van der Waals surface area contributed by atoms with Crippen molar-refractivity contribution in [3.63, 3.8) is 0 Å². The summed E-state index contributed by atoms with van der Waals surface area (Å²) >= 11 is 0. The lowest BCUT2D eigenvalue weighted by Gasteiger charge is -2.09. The van der Waals surface area contributed by atoms with Crippen LogP contribution in [0.25, 0.3) is 17.1 Å². The van der Waals surface area contributed by atoms with E-state index >= 15 is 0 Å². The Kier molecular flexibility index (Phi) is 2.77. The molecule has 0 bridgehead atoms. The van der Waals surface area contributed by atoms with E-state index in [1.807, 2.05) is 24.3 Å². The second kappa shape index (κ2) is 4.67. The van der Waals surface area contributed by atoms with Crippen LogP contribution in [-0.4, -0.2) is 23.4 Å². The molecule has 1 aliphatic rings. The molecule has 0 radical (unpaired) electrons. The number of para-hydroxylation sites is 1. The summed E-state index contributed by atoms with van der Waals surface area (Å²) in [5.74, 6) is 0.509. The SMILES string of the molecule is O=S1(=O)C=Cc2c(OCn3nnc4ccccc43)cccc21. The highest BCUT2D eigenvalue weighted by atomic mass is 32.2. The van der Waals surface area contributed by atoms with E-state index in [0.717, 1.165) is 11.0 Å². The fourth-order valence-electron chi connectivity index (χ4n) is 2.44. The first-order valence-corrected chi connectivity index (χ1v) is 8.17. The molecule has 0 N–H and O–H groups in total. The molecule has 6 nitrogen and oxygen atoms in total. The number of benzene rings is 2. The van der Waals surface area contributed by atoms with E-state index in [9.17, 15) is 8.42 Å². The maximum Gasteiger partial charge on any atom is 0.200 e. The normalized spacial score (nSPS) is 15.1. The van der Waals surface area contributed by atoms with Crippen LogP contribution < -0.4 is 4.74 Å². The Labute approximate surface area is 126 Å². The summed E-state index contributed by atoms with van der Waals surface area (Å²) in [7, 11) is -3.33. The first kappa shape index (κ1) is 13.0. The maximum absolute atomic E-state index is 11.8. The highest BCUT2D eigenvalue weighted by molar-refractivity contribution is 7.94. The topological polar surface area (TPSA) is 74.1 Å². The fraction of sp³-hybridized carbons (Fsp3) is 0.0667. The van der Waals surface area contributed by atoms with Crippen LogP contribution in [0.15, 0.2) is 52.8 Å². The molecule has 0 amide bonds. The minimum atomic E-state index is -3.33. The van der Waals surface area contributed by atoms with Crippen molar-refractivity contribution in [2.75, 3.05) is 0 Å². The summed E-state index contributed by atoms with van der Waals surface area (Å²) in [5, 5.41) is 9.28. The minimum Gasteiger partial charge on any atom is -0.471 e. The monoisotopic (exact) mass is 313 g/mol. The summed E-state index contributed by atoms with van der Waals surface area (Å²) < 4.78 is 31.1. The molecule has 0 atom stereocenters. The number of sulfone groups is 1. The van der Waals surface area contributed by atoms with Crippen LogP contribution in [0.4, 0.5) is 0 Å². The third-order valence-electron chi connectivity index (χ3n) is 3.51. The van der Waals surface area contributed by atoms with Crippen LogP contribution >= 0.6 is 0 Å². The summed E-state index contributed by atoms with van der Waals surface area (Å²) in [4.78, 5) is 0.272. The number of hydrogen-bond donors (Lipinski definition) is 0. The molecule has 7 heteroatoms. The number of ether oxygens (including phenoxy) is 1. The van der Waals surface area contributed by atoms with E-state index in [1.165, 1.54) is 5.41 Å². The van der Waals surface area contributed by atoms with Crippen LogP contribution in [0.5, 0.6) is 5.75 Å². The smallest absolute Gasteiger partial charge is 0.200 e. The number of fused-ring (bicyclic) bond motifs is 2. The second-order valence-corrected chi connectivity index (χ2v) is 6.67. The zero-order valence-corrected chi connectivity index (χ0v) is 12.2. The summed E-state index contributed by atoms with van der Waals surface area (Å²) in [6, 6.07) is 12.5. The first-order valence-electron chi connectivity index (χ1n) is 6.62. The van der Waals surface area contributed by atoms with E-state index in [4.69, 9.17) is 4.74 Å². The Morgan fingerprint density at radius 1 is 1.09 bits per heavy atom. The highest BCUT2D eigenvalue weighted by Gasteiger charge is 2.23. The average Bonchev–Trinajstić information content (AvgIpc) is 3.07. The number of aromatic nitrogens is 3. The molecule has 110 valence electrons. The average molecular weight is 313 g/mol. The molecule has 0 spiro atoms. The molecule has 0 fully saturated rings. The van der Waals surface area contributed by atoms with Gasteiger partial charge in [0.1, 0.15) is 11.3 Å². The zero-order valence-electron chi connectivity index (χ0n) is 11.4. The molecule has 3 aromatic rings. The predicted molar refractivity (Wildman–Crippen MR) is 80.8 cm³/mol. The Morgan fingerprint density at radius 3 is 2.86 bits per heavy atom. The molecule has 4 rings (SSSR count). The summed E-state index contributed by atoms with van der Waals surface area (Å²) in [6.07, 6.45) is 1.56. The Morgan fingerprint density at radius 2 is 1.95 bits per heavy atom. The third kappa shape index (κ3) is 1.98. The van der Waals surface area contributed by atoms with Crippen LogP contribution in [0.2, 0.25) is 0 Å². The van der Waals surface area contributed by atoms with Gasteiger partial charge in [-0.15, -0.1) is 5.10 Å². The largest absolute Gasteiger partial charge is 0.471 e. The summed E-state index contributed by atoms with van der Waals surface area (Å²) in [6.45, 7) is 0.158. The quantitative estimate of drug-likeness (QED) is 0.741. The van der Waals surface area contributed by atoms with Crippen molar-refractivity contribution in [3.05, 3.63) is 53.4 Å². The van der Waals surface area contributed by atoms with Gasteiger partial charge in [-0.2, -0.15) is 0 Å². The number of hydrogen-bond acceptors (Lipinski definition) is 5. The van der Waals surface area contributed by atoms with Gasteiger partial charge < -0.3 is 4.74 Å². The van der Waals surface area contributed by atoms with Crippen LogP contribution in [0, 0.1) is 0 Å². The van der Waals surface area contributed by atoms with Crippen LogP contribution in [0.1, 0.15) is 5.56 Å². The Bertz CT molecular complexity index is 1010. The molecule has 1 aliphatic heterocycles. The molecule has 2 aromatic carbocycles. The highest BCUT2D eigenvalue weighted by Crippen LogP contribution is 2.33. The van der Waals surface area contributed by atoms with Crippen molar-refractivity contribution in [3.8, 4) is 5.75 Å². The van der Waals surface area contributed by atoms with E-state index in [0.29, 0.717) is 11.3 Å². The maximum atomic E-state index is 11.8. The van der Waals surface area contributed by atoms with Crippen molar-refractivity contribution in [1.29, 1.82) is 0 Å². The lowest BCUT2D eigenvalue weighted by Crippen LogP contribution is -2.08. The molecule has 1 aromatic heterocycles. The van der Waals surface area contributed by atoms with E-state index in [-0.39, 0.29) is 11.6 Å². The molecular formula is C15H11N3O3S. The van der Waals surface area contributed by atoms with Gasteiger partial charge in [0.05, 0.1) is 10.4 Å². The Balaban J connectivity index is 1.66. The van der Waals surface area contributed by atoms with Gasteiger partial charge >= 0.3 is 0 Å². The predicted octanol–water partition coefficient (Wildman–Crippen LogP) is 2.23. The van der Waals surface area contributed by atoms with Crippen molar-refractivity contribution in [2.45, 2.75) is 11.6 Å². The van der Waals surface area contributed by atoms with Crippen molar-refractivity contribution < 1.29 is 13.2 Å². The third-order valence-corrected chi connectivity index (χ3v) is 4.97. The number of rotatable bonds is 3. The fourth-order valence-corrected chi connectivity index (χ4v) is 3.64. The molecule has 0 aliphatic carbocycles. The van der Waals surface area contributed by atoms with Gasteiger partial charge in [0.15, 0.2) is 6.73 Å². The van der Waals surface area contributed by atoms with Gasteiger partial charge in [-0.3, -0.25) is 0 Å². The van der Waals surface area contributed by atoms with Gasteiger partial charge in [0.2, 0.25) is 9.84 Å². The van der Waals surface area contributed by atoms with Gasteiger partial charge in [-0.1, -0.05) is 23.4 Å². The van der Waals surface area contributed by atoms with Crippen molar-refractivity contribution in [1.82, 2.24) is 15.0 Å². The second-order valence-electron chi connectivity index (χ2n) is 4.87. The van der Waals surface area contributed by atoms with Gasteiger partial charge in [-0.05, 0) is 30.3 Å². The van der Waals surface area contributed by atoms with E-state index < -0.39 is 9.84 Å². The van der Waals surface area contributed by atoms with E-state index in [1.54, 1.807) is 29.0 Å². The van der Waals surface area contributed by atoms with Crippen molar-refractivity contribution >= 4 is 26.9 Å². The summed E-state index contributed by atoms with van der Waals surface area (Å²) in [5.41, 5.74) is 2.22. The number of nitrogens with zero attached hydrogens (tertiary/aromatic N) is 3. The minimum absolute atomic E-state index is 0.158. The van der Waals surface area contributed by atoms with Gasteiger partial charge in [-0.25, -0.2) is 13.1 Å². The van der Waals surface area contributed by atoms with Gasteiger partial charge in [0.25, 0.3) is 0 Å². The molecule has 0 unspecified atom stereocenters. The molecule has 0 saturated heterocycles. The zero-order chi connectivity index (χ0) is 15.2. The Hall–Kier alpha value is -2.67. The van der Waals surface area contributed by atoms with Crippen molar-refractivity contribution in [2.24, 2.45) is 0 Å². The van der Waals surface area contributed by atoms with Crippen LogP contribution in [-0.2, 0) is 16.6 Å². The molecule has 22 heavy (non-hydrogen) atoms. The lowest BCUT2D eigenvalue weighted by atomic mass is 10.2. The van der Waals surface area contributed by atoms with Gasteiger partial charge in [0, 0.05) is 11.0 Å². The first-order chi connectivity index (χ1) is 10.6. The molecule has 0 saturated carbocycles. The molecule has 2 heterocycles. The standard InChI is InChI=1S/C15H11N3O3S/c19-22(20)9-8-11-14(6-3-7-15(11)22)21-10-18-13-5-2-1-4-12(13)16-17-18/h1-9H,10H2.